The molecule has 0 saturated heterocycles. The van der Waals surface area contributed by atoms with Crippen molar-refractivity contribution in [2.75, 3.05) is 19.5 Å². The van der Waals surface area contributed by atoms with Crippen molar-refractivity contribution in [2.45, 2.75) is 26.2 Å². The van der Waals surface area contributed by atoms with E-state index >= 15 is 0 Å². The molecule has 0 amide bonds. The molecule has 0 aliphatic rings. The summed E-state index contributed by atoms with van der Waals surface area (Å²) in [6.45, 7) is 2.19. The van der Waals surface area contributed by atoms with Gasteiger partial charge in [-0.05, 0) is 31.1 Å². The summed E-state index contributed by atoms with van der Waals surface area (Å²) >= 11 is 1.31. The van der Waals surface area contributed by atoms with E-state index in [0.29, 0.717) is 0 Å². The molecule has 0 atom stereocenters. The van der Waals surface area contributed by atoms with Gasteiger partial charge >= 0.3 is 6.16 Å². The molecular weight excluding hydrogens is 252 g/mol. The Balaban J connectivity index is 3.42. The zero-order valence-corrected chi connectivity index (χ0v) is 11.7. The minimum Gasteiger partial charge on any atom is -0.438 e. The van der Waals surface area contributed by atoms with Crippen LogP contribution in [-0.2, 0) is 14.3 Å². The molecule has 0 saturated carbocycles. The number of hydrogen-bond donors (Lipinski definition) is 0. The molecule has 0 aliphatic heterocycles. The monoisotopic (exact) mass is 272 g/mol. The first kappa shape index (κ1) is 16.8. The molecule has 18 heavy (non-hydrogen) atoms. The lowest BCUT2D eigenvalue weighted by Gasteiger charge is -1.97. The molecule has 0 spiro atoms. The third-order valence-corrected chi connectivity index (χ3v) is 2.62. The zero-order valence-electron chi connectivity index (χ0n) is 10.9. The van der Waals surface area contributed by atoms with E-state index in [1.54, 1.807) is 12.2 Å². The van der Waals surface area contributed by atoms with E-state index in [-0.39, 0.29) is 11.7 Å². The normalized spacial score (nSPS) is 11.0. The summed E-state index contributed by atoms with van der Waals surface area (Å²) in [4.78, 5) is 21.7. The second-order valence-electron chi connectivity index (χ2n) is 3.32. The highest BCUT2D eigenvalue weighted by atomic mass is 32.2. The van der Waals surface area contributed by atoms with E-state index in [4.69, 9.17) is 0 Å². The van der Waals surface area contributed by atoms with Crippen molar-refractivity contribution in [3.05, 3.63) is 24.3 Å². The van der Waals surface area contributed by atoms with Gasteiger partial charge in [0.1, 0.15) is 6.61 Å². The molecule has 0 bridgehead atoms. The Morgan fingerprint density at radius 1 is 1.17 bits per heavy atom. The molecule has 5 heteroatoms. The van der Waals surface area contributed by atoms with Crippen molar-refractivity contribution >= 4 is 23.0 Å². The number of rotatable bonds is 8. The Kier molecular flexibility index (Phi) is 11.4. The quantitative estimate of drug-likeness (QED) is 0.293. The molecule has 0 radical (unpaired) electrons. The standard InChI is InChI=1S/C13H20O4S/c1-3-18-12(14)10-8-6-4-5-7-9-11-17-13(15)16-2/h7-10H,3-6,11H2,1-2H3/b9-7+,10-8-. The molecule has 0 aromatic carbocycles. The molecule has 0 heterocycles. The summed E-state index contributed by atoms with van der Waals surface area (Å²) < 4.78 is 8.98. The van der Waals surface area contributed by atoms with Crippen LogP contribution in [0.5, 0.6) is 0 Å². The van der Waals surface area contributed by atoms with Crippen molar-refractivity contribution in [1.29, 1.82) is 0 Å². The van der Waals surface area contributed by atoms with Crippen LogP contribution in [0.4, 0.5) is 4.79 Å². The van der Waals surface area contributed by atoms with Gasteiger partial charge in [0, 0.05) is 0 Å². The summed E-state index contributed by atoms with van der Waals surface area (Å²) in [6.07, 6.45) is 9.30. The number of thioether (sulfide) groups is 1. The van der Waals surface area contributed by atoms with E-state index in [9.17, 15) is 9.59 Å². The number of unbranched alkanes of at least 4 members (excludes halogenated alkanes) is 2. The first-order valence-electron chi connectivity index (χ1n) is 5.89. The van der Waals surface area contributed by atoms with Gasteiger partial charge in [-0.3, -0.25) is 4.79 Å². The van der Waals surface area contributed by atoms with E-state index in [1.807, 2.05) is 19.1 Å². The molecule has 0 aromatic heterocycles. The van der Waals surface area contributed by atoms with Crippen molar-refractivity contribution in [3.63, 3.8) is 0 Å². The highest BCUT2D eigenvalue weighted by Gasteiger charge is 1.95. The van der Waals surface area contributed by atoms with Crippen molar-refractivity contribution in [1.82, 2.24) is 0 Å². The van der Waals surface area contributed by atoms with Gasteiger partial charge in [-0.25, -0.2) is 4.79 Å². The van der Waals surface area contributed by atoms with Crippen LogP contribution in [0, 0.1) is 0 Å². The third-order valence-electron chi connectivity index (χ3n) is 1.91. The summed E-state index contributed by atoms with van der Waals surface area (Å²) in [5.74, 6) is 0.812. The van der Waals surface area contributed by atoms with Gasteiger partial charge in [0.2, 0.25) is 5.12 Å². The third kappa shape index (κ3) is 11.3. The largest absolute Gasteiger partial charge is 0.508 e. The predicted molar refractivity (Wildman–Crippen MR) is 73.6 cm³/mol. The number of carbonyl (C=O) groups is 2. The minimum absolute atomic E-state index is 0.111. The van der Waals surface area contributed by atoms with Gasteiger partial charge < -0.3 is 9.47 Å². The summed E-state index contributed by atoms with van der Waals surface area (Å²) in [6, 6.07) is 0. The molecule has 0 aromatic rings. The van der Waals surface area contributed by atoms with Crippen LogP contribution in [0.15, 0.2) is 24.3 Å². The fourth-order valence-corrected chi connectivity index (χ4v) is 1.56. The average Bonchev–Trinajstić information content (AvgIpc) is 2.36. The Morgan fingerprint density at radius 2 is 1.89 bits per heavy atom. The Bertz CT molecular complexity index is 297. The highest BCUT2D eigenvalue weighted by molar-refractivity contribution is 8.14. The molecule has 0 fully saturated rings. The first-order valence-corrected chi connectivity index (χ1v) is 6.88. The maximum absolute atomic E-state index is 11.1. The Labute approximate surface area is 112 Å². The lowest BCUT2D eigenvalue weighted by molar-refractivity contribution is -0.107. The second kappa shape index (κ2) is 12.2. The van der Waals surface area contributed by atoms with Crippen molar-refractivity contribution in [2.24, 2.45) is 0 Å². The van der Waals surface area contributed by atoms with Gasteiger partial charge in [0.05, 0.1) is 7.11 Å². The number of methoxy groups -OCH3 is 1. The van der Waals surface area contributed by atoms with Gasteiger partial charge in [-0.2, -0.15) is 0 Å². The zero-order chi connectivity index (χ0) is 13.6. The van der Waals surface area contributed by atoms with Gasteiger partial charge in [0.25, 0.3) is 0 Å². The second-order valence-corrected chi connectivity index (χ2v) is 4.59. The minimum atomic E-state index is -0.672. The average molecular weight is 272 g/mol. The predicted octanol–water partition coefficient (Wildman–Crippen LogP) is 3.33. The molecular formula is C13H20O4S. The molecule has 102 valence electrons. The number of ether oxygens (including phenoxy) is 2. The molecule has 0 aliphatic carbocycles. The molecule has 4 nitrogen and oxygen atoms in total. The number of hydrogen-bond acceptors (Lipinski definition) is 5. The van der Waals surface area contributed by atoms with Crippen LogP contribution in [0.1, 0.15) is 26.2 Å². The molecule has 0 N–H and O–H groups in total. The van der Waals surface area contributed by atoms with Gasteiger partial charge in [0.15, 0.2) is 0 Å². The lowest BCUT2D eigenvalue weighted by Crippen LogP contribution is -2.03. The van der Waals surface area contributed by atoms with E-state index in [0.717, 1.165) is 25.0 Å². The molecule has 0 unspecified atom stereocenters. The fourth-order valence-electron chi connectivity index (χ4n) is 1.08. The van der Waals surface area contributed by atoms with Gasteiger partial charge in [-0.1, -0.05) is 36.9 Å². The van der Waals surface area contributed by atoms with Crippen LogP contribution in [0.3, 0.4) is 0 Å². The van der Waals surface area contributed by atoms with Crippen LogP contribution >= 0.6 is 11.8 Å². The molecule has 0 rings (SSSR count). The van der Waals surface area contributed by atoms with Crippen LogP contribution in [-0.4, -0.2) is 30.7 Å². The summed E-state index contributed by atoms with van der Waals surface area (Å²) in [5.41, 5.74) is 0. The Hall–Kier alpha value is -1.23. The van der Waals surface area contributed by atoms with Crippen LogP contribution < -0.4 is 0 Å². The van der Waals surface area contributed by atoms with Crippen molar-refractivity contribution in [3.8, 4) is 0 Å². The van der Waals surface area contributed by atoms with Crippen LogP contribution in [0.25, 0.3) is 0 Å². The number of allylic oxidation sites excluding steroid dienone is 2. The Morgan fingerprint density at radius 3 is 2.56 bits per heavy atom. The maximum Gasteiger partial charge on any atom is 0.508 e. The van der Waals surface area contributed by atoms with Crippen molar-refractivity contribution < 1.29 is 19.1 Å². The van der Waals surface area contributed by atoms with E-state index in [1.165, 1.54) is 18.9 Å². The topological polar surface area (TPSA) is 52.6 Å². The SMILES string of the molecule is CCSC(=O)/C=C\CCC/C=C/COC(=O)OC. The first-order chi connectivity index (χ1) is 8.70. The maximum atomic E-state index is 11.1. The summed E-state index contributed by atoms with van der Waals surface area (Å²) in [7, 11) is 1.27. The fraction of sp³-hybridized carbons (Fsp3) is 0.538. The smallest absolute Gasteiger partial charge is 0.438 e. The van der Waals surface area contributed by atoms with Gasteiger partial charge in [-0.15, -0.1) is 0 Å². The summed E-state index contributed by atoms with van der Waals surface area (Å²) in [5, 5.41) is 0.111. The highest BCUT2D eigenvalue weighted by Crippen LogP contribution is 2.03. The van der Waals surface area contributed by atoms with Crippen LogP contribution in [0.2, 0.25) is 0 Å². The lowest BCUT2D eigenvalue weighted by atomic mass is 10.2. The number of carbonyl (C=O) groups excluding carboxylic acids is 2. The van der Waals surface area contributed by atoms with E-state index in [2.05, 4.69) is 9.47 Å². The van der Waals surface area contributed by atoms with E-state index < -0.39 is 6.16 Å².